The van der Waals surface area contributed by atoms with E-state index in [9.17, 15) is 4.79 Å². The molecule has 0 atom stereocenters. The van der Waals surface area contributed by atoms with Crippen molar-refractivity contribution in [2.75, 3.05) is 37.5 Å². The molecule has 0 bridgehead atoms. The second-order valence-corrected chi connectivity index (χ2v) is 9.00. The van der Waals surface area contributed by atoms with Crippen molar-refractivity contribution in [1.29, 1.82) is 0 Å². The van der Waals surface area contributed by atoms with Gasteiger partial charge in [-0.1, -0.05) is 24.3 Å². The number of anilines is 2. The number of nitrogens with zero attached hydrogens (tertiary/aromatic N) is 6. The number of nitrogens with one attached hydrogen (secondary N) is 2. The molecule has 3 aromatic heterocycles. The molecule has 0 unspecified atom stereocenters. The van der Waals surface area contributed by atoms with Gasteiger partial charge in [-0.3, -0.25) is 9.48 Å². The van der Waals surface area contributed by atoms with Crippen molar-refractivity contribution in [3.8, 4) is 17.3 Å². The van der Waals surface area contributed by atoms with E-state index in [1.165, 1.54) is 6.20 Å². The maximum Gasteiger partial charge on any atom is 0.277 e. The molecule has 0 radical (unpaired) electrons. The zero-order chi connectivity index (χ0) is 26.1. The molecule has 0 aliphatic carbocycles. The number of fused-ring (bicyclic) bond motifs is 1. The molecule has 1 aliphatic rings. The van der Waals surface area contributed by atoms with Crippen LogP contribution in [0.3, 0.4) is 0 Å². The number of methoxy groups -OCH3 is 2. The summed E-state index contributed by atoms with van der Waals surface area (Å²) in [7, 11) is 3.33. The molecular weight excluding hydrogens is 484 g/mol. The lowest BCUT2D eigenvalue weighted by Gasteiger charge is -2.38. The number of carbonyl (C=O) groups is 1. The Balaban J connectivity index is 1.25. The number of hydrogen-bond donors (Lipinski definition) is 2. The fourth-order valence-electron chi connectivity index (χ4n) is 4.32. The molecular formula is C27H26N8O3. The Morgan fingerprint density at radius 1 is 1.08 bits per heavy atom. The van der Waals surface area contributed by atoms with Gasteiger partial charge in [0.1, 0.15) is 23.0 Å². The third kappa shape index (κ3) is 4.66. The molecule has 4 heterocycles. The van der Waals surface area contributed by atoms with E-state index in [4.69, 9.17) is 14.5 Å². The van der Waals surface area contributed by atoms with Crippen LogP contribution in [0.2, 0.25) is 0 Å². The van der Waals surface area contributed by atoms with E-state index >= 15 is 0 Å². The molecule has 11 heteroatoms. The highest BCUT2D eigenvalue weighted by atomic mass is 16.5. The fraction of sp³-hybridized carbons (Fsp3) is 0.222. The largest absolute Gasteiger partial charge is 0.497 e. The van der Waals surface area contributed by atoms with E-state index in [0.717, 1.165) is 41.1 Å². The van der Waals surface area contributed by atoms with Gasteiger partial charge in [0, 0.05) is 26.3 Å². The smallest absolute Gasteiger partial charge is 0.277 e. The van der Waals surface area contributed by atoms with Crippen molar-refractivity contribution in [3.63, 3.8) is 0 Å². The minimum Gasteiger partial charge on any atom is -0.497 e. The predicted molar refractivity (Wildman–Crippen MR) is 142 cm³/mol. The maximum absolute atomic E-state index is 13.0. The number of rotatable bonds is 8. The summed E-state index contributed by atoms with van der Waals surface area (Å²) in [5, 5.41) is 7.52. The average Bonchev–Trinajstić information content (AvgIpc) is 3.52. The topological polar surface area (TPSA) is 123 Å². The highest BCUT2D eigenvalue weighted by molar-refractivity contribution is 6.02. The highest BCUT2D eigenvalue weighted by Crippen LogP contribution is 2.25. The normalized spacial score (nSPS) is 13.5. The molecule has 192 valence electrons. The summed E-state index contributed by atoms with van der Waals surface area (Å²) in [6.45, 7) is 1.99. The first-order chi connectivity index (χ1) is 18.6. The monoisotopic (exact) mass is 510 g/mol. The molecule has 0 spiro atoms. The van der Waals surface area contributed by atoms with Gasteiger partial charge < -0.3 is 24.7 Å². The lowest BCUT2D eigenvalue weighted by molar-refractivity contribution is 0.0782. The second kappa shape index (κ2) is 9.94. The molecule has 0 saturated carbocycles. The standard InChI is InChI=1S/C27H26N8O3/c1-37-18-9-7-17(8-10-18)14-35-23(26-30-20-5-3-4-6-21(20)31-26)11-24(33-35)32-27(36)22-12-29-25(13-28-22)34-15-19(16-34)38-2/h3-13,19H,14-16H2,1-2H3,(H,30,31)(H,32,33,36). The number of imidazole rings is 1. The van der Waals surface area contributed by atoms with Crippen molar-refractivity contribution in [2.24, 2.45) is 0 Å². The molecule has 2 aromatic carbocycles. The first kappa shape index (κ1) is 23.6. The summed E-state index contributed by atoms with van der Waals surface area (Å²) >= 11 is 0. The molecule has 6 rings (SSSR count). The van der Waals surface area contributed by atoms with E-state index in [1.54, 1.807) is 31.2 Å². The Bertz CT molecular complexity index is 1540. The number of carbonyl (C=O) groups excluding carboxylic acids is 1. The summed E-state index contributed by atoms with van der Waals surface area (Å²) in [6, 6.07) is 17.4. The lowest BCUT2D eigenvalue weighted by atomic mass is 10.2. The molecule has 38 heavy (non-hydrogen) atoms. The van der Waals surface area contributed by atoms with Gasteiger partial charge in [-0.25, -0.2) is 15.0 Å². The van der Waals surface area contributed by atoms with Gasteiger partial charge >= 0.3 is 0 Å². The number of aromatic amines is 1. The number of benzene rings is 2. The average molecular weight is 511 g/mol. The number of hydrogen-bond acceptors (Lipinski definition) is 8. The quantitative estimate of drug-likeness (QED) is 0.326. The number of ether oxygens (including phenoxy) is 2. The summed E-state index contributed by atoms with van der Waals surface area (Å²) in [6.07, 6.45) is 3.27. The van der Waals surface area contributed by atoms with Gasteiger partial charge in [0.15, 0.2) is 11.6 Å². The molecule has 1 aliphatic heterocycles. The molecule has 1 saturated heterocycles. The first-order valence-electron chi connectivity index (χ1n) is 12.2. The summed E-state index contributed by atoms with van der Waals surface area (Å²) < 4.78 is 12.4. The Hall–Kier alpha value is -4.77. The van der Waals surface area contributed by atoms with Crippen LogP contribution in [0.4, 0.5) is 11.6 Å². The zero-order valence-corrected chi connectivity index (χ0v) is 21.0. The van der Waals surface area contributed by atoms with Gasteiger partial charge in [-0.05, 0) is 29.8 Å². The van der Waals surface area contributed by atoms with E-state index in [-0.39, 0.29) is 11.8 Å². The van der Waals surface area contributed by atoms with Gasteiger partial charge in [-0.15, -0.1) is 0 Å². The van der Waals surface area contributed by atoms with E-state index < -0.39 is 5.91 Å². The van der Waals surface area contributed by atoms with Crippen LogP contribution in [0, 0.1) is 0 Å². The third-order valence-electron chi connectivity index (χ3n) is 6.52. The van der Waals surface area contributed by atoms with Crippen LogP contribution in [-0.4, -0.2) is 69.0 Å². The summed E-state index contributed by atoms with van der Waals surface area (Å²) in [4.78, 5) is 31.8. The van der Waals surface area contributed by atoms with Gasteiger partial charge in [0.05, 0.1) is 43.2 Å². The van der Waals surface area contributed by atoms with Gasteiger partial charge in [0.2, 0.25) is 0 Å². The minimum atomic E-state index is -0.396. The third-order valence-corrected chi connectivity index (χ3v) is 6.52. The van der Waals surface area contributed by atoms with Crippen molar-refractivity contribution in [1.82, 2.24) is 29.7 Å². The summed E-state index contributed by atoms with van der Waals surface area (Å²) in [5.74, 6) is 2.13. The maximum atomic E-state index is 13.0. The zero-order valence-electron chi connectivity index (χ0n) is 21.0. The Kier molecular flexibility index (Phi) is 6.18. The molecule has 11 nitrogen and oxygen atoms in total. The lowest BCUT2D eigenvalue weighted by Crippen LogP contribution is -2.52. The van der Waals surface area contributed by atoms with Gasteiger partial charge in [-0.2, -0.15) is 5.10 Å². The molecule has 2 N–H and O–H groups in total. The van der Waals surface area contributed by atoms with E-state index in [2.05, 4.69) is 25.4 Å². The SMILES string of the molecule is COc1ccc(Cn2nc(NC(=O)c3cnc(N4CC(OC)C4)cn3)cc2-c2nc3ccccc3[nH]2)cc1. The van der Waals surface area contributed by atoms with E-state index in [1.807, 2.05) is 53.4 Å². The van der Waals surface area contributed by atoms with Crippen LogP contribution in [-0.2, 0) is 11.3 Å². The Morgan fingerprint density at radius 3 is 2.61 bits per heavy atom. The summed E-state index contributed by atoms with van der Waals surface area (Å²) in [5.41, 5.74) is 3.72. The Morgan fingerprint density at radius 2 is 1.89 bits per heavy atom. The van der Waals surface area contributed by atoms with Crippen LogP contribution in [0.5, 0.6) is 5.75 Å². The minimum absolute atomic E-state index is 0.201. The number of H-pyrrole nitrogens is 1. The highest BCUT2D eigenvalue weighted by Gasteiger charge is 2.27. The van der Waals surface area contributed by atoms with Crippen molar-refractivity contribution in [2.45, 2.75) is 12.6 Å². The van der Waals surface area contributed by atoms with Crippen molar-refractivity contribution < 1.29 is 14.3 Å². The first-order valence-corrected chi connectivity index (χ1v) is 12.2. The van der Waals surface area contributed by atoms with Crippen molar-refractivity contribution in [3.05, 3.63) is 78.2 Å². The van der Waals surface area contributed by atoms with Crippen LogP contribution < -0.4 is 15.0 Å². The van der Waals surface area contributed by atoms with Crippen LogP contribution in [0.15, 0.2) is 67.0 Å². The van der Waals surface area contributed by atoms with Crippen LogP contribution in [0.25, 0.3) is 22.6 Å². The molecule has 1 amide bonds. The molecule has 5 aromatic rings. The Labute approximate surface area is 218 Å². The van der Waals surface area contributed by atoms with E-state index in [0.29, 0.717) is 24.0 Å². The number of aromatic nitrogens is 6. The fourth-order valence-corrected chi connectivity index (χ4v) is 4.32. The second-order valence-electron chi connectivity index (χ2n) is 9.00. The molecule has 1 fully saturated rings. The van der Waals surface area contributed by atoms with Crippen LogP contribution >= 0.6 is 0 Å². The predicted octanol–water partition coefficient (Wildman–Crippen LogP) is 3.36. The number of para-hydroxylation sites is 2. The van der Waals surface area contributed by atoms with Gasteiger partial charge in [0.25, 0.3) is 5.91 Å². The van der Waals surface area contributed by atoms with Crippen molar-refractivity contribution >= 4 is 28.6 Å². The number of amides is 1. The van der Waals surface area contributed by atoms with Crippen LogP contribution in [0.1, 0.15) is 16.1 Å².